The summed E-state index contributed by atoms with van der Waals surface area (Å²) < 4.78 is 63.1. The SMILES string of the molecule is Cc1cc(NC(=O)C[C@H]2C=CS(=O)(=O)C2)n(-c2cc(C(F)(F)F)ccc2Cl)n1. The van der Waals surface area contributed by atoms with Gasteiger partial charge in [0, 0.05) is 23.8 Å². The molecule has 150 valence electrons. The number of anilines is 1. The standard InChI is InChI=1S/C17H15ClF3N3O3S/c1-10-6-15(22-16(25)7-11-4-5-28(26,27)9-11)24(23-10)14-8-12(17(19,20)21)2-3-13(14)18/h2-6,8,11H,7,9H2,1H3,(H,22,25)/t11-/m1/s1. The van der Waals surface area contributed by atoms with Crippen LogP contribution in [0.15, 0.2) is 35.7 Å². The number of benzene rings is 1. The van der Waals surface area contributed by atoms with Gasteiger partial charge in [-0.3, -0.25) is 4.79 Å². The van der Waals surface area contributed by atoms with Crippen LogP contribution >= 0.6 is 11.6 Å². The largest absolute Gasteiger partial charge is 0.416 e. The molecular formula is C17H15ClF3N3O3S. The summed E-state index contributed by atoms with van der Waals surface area (Å²) in [4.78, 5) is 12.3. The molecule has 1 amide bonds. The van der Waals surface area contributed by atoms with Gasteiger partial charge in [-0.05, 0) is 25.1 Å². The number of amides is 1. The first-order valence-corrected chi connectivity index (χ1v) is 10.2. The number of hydrogen-bond acceptors (Lipinski definition) is 4. The van der Waals surface area contributed by atoms with Crippen LogP contribution in [0.2, 0.25) is 5.02 Å². The Morgan fingerprint density at radius 2 is 2.07 bits per heavy atom. The number of carbonyl (C=O) groups is 1. The lowest BCUT2D eigenvalue weighted by Gasteiger charge is -2.14. The predicted octanol–water partition coefficient (Wildman–Crippen LogP) is 3.74. The van der Waals surface area contributed by atoms with E-state index in [2.05, 4.69) is 10.4 Å². The normalized spacial score (nSPS) is 18.4. The topological polar surface area (TPSA) is 81.1 Å². The molecule has 1 N–H and O–H groups in total. The van der Waals surface area contributed by atoms with E-state index >= 15 is 0 Å². The molecule has 0 unspecified atom stereocenters. The first kappa shape index (κ1) is 20.4. The van der Waals surface area contributed by atoms with Gasteiger partial charge in [-0.1, -0.05) is 17.7 Å². The molecule has 0 saturated carbocycles. The van der Waals surface area contributed by atoms with Crippen LogP contribution in [0.5, 0.6) is 0 Å². The summed E-state index contributed by atoms with van der Waals surface area (Å²) in [5.74, 6) is -0.970. The number of aryl methyl sites for hydroxylation is 1. The van der Waals surface area contributed by atoms with E-state index in [0.29, 0.717) is 5.69 Å². The Labute approximate surface area is 163 Å². The van der Waals surface area contributed by atoms with Gasteiger partial charge in [0.05, 0.1) is 27.7 Å². The van der Waals surface area contributed by atoms with Crippen LogP contribution in [-0.4, -0.2) is 29.9 Å². The van der Waals surface area contributed by atoms with Crippen LogP contribution in [0.25, 0.3) is 5.69 Å². The van der Waals surface area contributed by atoms with Crippen molar-refractivity contribution in [3.8, 4) is 5.69 Å². The van der Waals surface area contributed by atoms with E-state index in [1.165, 1.54) is 12.1 Å². The van der Waals surface area contributed by atoms with E-state index in [9.17, 15) is 26.4 Å². The quantitative estimate of drug-likeness (QED) is 0.796. The molecule has 2 aromatic rings. The molecule has 3 rings (SSSR count). The van der Waals surface area contributed by atoms with Crippen LogP contribution < -0.4 is 5.32 Å². The van der Waals surface area contributed by atoms with Crippen molar-refractivity contribution in [2.45, 2.75) is 19.5 Å². The number of hydrogen-bond donors (Lipinski definition) is 1. The summed E-state index contributed by atoms with van der Waals surface area (Å²) in [5.41, 5.74) is -0.492. The first-order chi connectivity index (χ1) is 12.9. The molecule has 0 saturated heterocycles. The number of sulfone groups is 1. The Morgan fingerprint density at radius 3 is 2.68 bits per heavy atom. The third-order valence-electron chi connectivity index (χ3n) is 4.05. The number of allylic oxidation sites excluding steroid dienone is 1. The Balaban J connectivity index is 1.86. The minimum Gasteiger partial charge on any atom is -0.311 e. The second kappa shape index (κ2) is 7.25. The molecule has 1 aromatic carbocycles. The minimum absolute atomic E-state index is 0.0245. The van der Waals surface area contributed by atoms with E-state index in [1.807, 2.05) is 0 Å². The zero-order valence-electron chi connectivity index (χ0n) is 14.5. The lowest BCUT2D eigenvalue weighted by atomic mass is 10.1. The monoisotopic (exact) mass is 433 g/mol. The maximum Gasteiger partial charge on any atom is 0.416 e. The van der Waals surface area contributed by atoms with Gasteiger partial charge in [0.25, 0.3) is 0 Å². The highest BCUT2D eigenvalue weighted by atomic mass is 35.5. The van der Waals surface area contributed by atoms with Gasteiger partial charge in [-0.2, -0.15) is 18.3 Å². The van der Waals surface area contributed by atoms with E-state index in [4.69, 9.17) is 11.6 Å². The molecule has 0 fully saturated rings. The maximum atomic E-state index is 13.0. The van der Waals surface area contributed by atoms with Gasteiger partial charge < -0.3 is 5.32 Å². The fourth-order valence-electron chi connectivity index (χ4n) is 2.82. The van der Waals surface area contributed by atoms with Crippen molar-refractivity contribution >= 4 is 33.2 Å². The van der Waals surface area contributed by atoms with Crippen molar-refractivity contribution in [3.05, 3.63) is 52.0 Å². The van der Waals surface area contributed by atoms with Crippen molar-refractivity contribution in [1.29, 1.82) is 0 Å². The molecule has 1 aliphatic rings. The highest BCUT2D eigenvalue weighted by molar-refractivity contribution is 7.94. The molecule has 1 aliphatic heterocycles. The number of rotatable bonds is 4. The Kier molecular flexibility index (Phi) is 5.28. The molecule has 1 aromatic heterocycles. The Morgan fingerprint density at radius 1 is 1.36 bits per heavy atom. The molecule has 1 atom stereocenters. The van der Waals surface area contributed by atoms with Gasteiger partial charge in [0.1, 0.15) is 5.82 Å². The van der Waals surface area contributed by atoms with Crippen molar-refractivity contribution in [3.63, 3.8) is 0 Å². The highest BCUT2D eigenvalue weighted by Crippen LogP contribution is 2.34. The number of carbonyl (C=O) groups excluding carboxylic acids is 1. The lowest BCUT2D eigenvalue weighted by molar-refractivity contribution is -0.137. The summed E-state index contributed by atoms with van der Waals surface area (Å²) in [6, 6.07) is 4.29. The molecule has 0 radical (unpaired) electrons. The summed E-state index contributed by atoms with van der Waals surface area (Å²) in [5, 5.41) is 7.77. The summed E-state index contributed by atoms with van der Waals surface area (Å²) >= 11 is 6.05. The van der Waals surface area contributed by atoms with Crippen LogP contribution in [0.1, 0.15) is 17.7 Å². The average molecular weight is 434 g/mol. The van der Waals surface area contributed by atoms with E-state index in [0.717, 1.165) is 28.3 Å². The molecular weight excluding hydrogens is 419 g/mol. The second-order valence-corrected chi connectivity index (χ2v) is 8.76. The third-order valence-corrected chi connectivity index (χ3v) is 5.84. The number of alkyl halides is 3. The van der Waals surface area contributed by atoms with Crippen molar-refractivity contribution in [2.24, 2.45) is 5.92 Å². The molecule has 28 heavy (non-hydrogen) atoms. The zero-order chi connectivity index (χ0) is 20.7. The van der Waals surface area contributed by atoms with Crippen LogP contribution in [-0.2, 0) is 20.8 Å². The van der Waals surface area contributed by atoms with Gasteiger partial charge in [-0.15, -0.1) is 0 Å². The molecule has 6 nitrogen and oxygen atoms in total. The fraction of sp³-hybridized carbons (Fsp3) is 0.294. The summed E-state index contributed by atoms with van der Waals surface area (Å²) in [7, 11) is -3.29. The van der Waals surface area contributed by atoms with Gasteiger partial charge in [0.2, 0.25) is 5.91 Å². The highest BCUT2D eigenvalue weighted by Gasteiger charge is 2.31. The second-order valence-electron chi connectivity index (χ2n) is 6.42. The van der Waals surface area contributed by atoms with Crippen molar-refractivity contribution in [2.75, 3.05) is 11.1 Å². The maximum absolute atomic E-state index is 13.0. The number of nitrogens with zero attached hydrogens (tertiary/aromatic N) is 2. The first-order valence-electron chi connectivity index (χ1n) is 8.09. The van der Waals surface area contributed by atoms with Gasteiger partial charge in [-0.25, -0.2) is 13.1 Å². The van der Waals surface area contributed by atoms with E-state index in [1.54, 1.807) is 6.92 Å². The molecule has 0 spiro atoms. The van der Waals surface area contributed by atoms with E-state index in [-0.39, 0.29) is 28.7 Å². The molecule has 0 bridgehead atoms. The van der Waals surface area contributed by atoms with Gasteiger partial charge in [0.15, 0.2) is 9.84 Å². The van der Waals surface area contributed by atoms with Gasteiger partial charge >= 0.3 is 6.18 Å². The molecule has 11 heteroatoms. The number of aromatic nitrogens is 2. The van der Waals surface area contributed by atoms with Crippen LogP contribution in [0.4, 0.5) is 19.0 Å². The average Bonchev–Trinajstić information content (AvgIpc) is 3.08. The summed E-state index contributed by atoms with van der Waals surface area (Å²) in [6.45, 7) is 1.61. The smallest absolute Gasteiger partial charge is 0.311 e. The van der Waals surface area contributed by atoms with Crippen molar-refractivity contribution in [1.82, 2.24) is 9.78 Å². The van der Waals surface area contributed by atoms with Crippen LogP contribution in [0, 0.1) is 12.8 Å². The third kappa shape index (κ3) is 4.56. The molecule has 0 aliphatic carbocycles. The Hall–Kier alpha value is -2.33. The minimum atomic E-state index is -4.56. The fourth-order valence-corrected chi connectivity index (χ4v) is 4.42. The zero-order valence-corrected chi connectivity index (χ0v) is 16.1. The number of halogens is 4. The van der Waals surface area contributed by atoms with Crippen molar-refractivity contribution < 1.29 is 26.4 Å². The summed E-state index contributed by atoms with van der Waals surface area (Å²) in [6.07, 6.45) is -3.21. The predicted molar refractivity (Wildman–Crippen MR) is 98.0 cm³/mol. The number of nitrogens with one attached hydrogen (secondary N) is 1. The van der Waals surface area contributed by atoms with E-state index < -0.39 is 33.4 Å². The lowest BCUT2D eigenvalue weighted by Crippen LogP contribution is -2.19. The van der Waals surface area contributed by atoms with Crippen LogP contribution in [0.3, 0.4) is 0 Å². The Bertz CT molecular complexity index is 1060. The molecule has 2 heterocycles.